The molecule has 3 aromatic rings. The summed E-state index contributed by atoms with van der Waals surface area (Å²) in [6.07, 6.45) is 6.29. The second-order valence-electron chi connectivity index (χ2n) is 7.48. The number of rotatable bonds is 5. The molecular formula is C21H26N4O3. The first-order valence-electron chi connectivity index (χ1n) is 9.82. The number of hydrogen-bond donors (Lipinski definition) is 1. The number of anilines is 1. The van der Waals surface area contributed by atoms with Crippen molar-refractivity contribution in [2.75, 3.05) is 12.4 Å². The van der Waals surface area contributed by atoms with Crippen molar-refractivity contribution < 1.29 is 14.1 Å². The Morgan fingerprint density at radius 1 is 1.29 bits per heavy atom. The first-order valence-corrected chi connectivity index (χ1v) is 9.82. The van der Waals surface area contributed by atoms with Gasteiger partial charge in [-0.1, -0.05) is 24.4 Å². The van der Waals surface area contributed by atoms with Crippen molar-refractivity contribution in [3.8, 4) is 0 Å². The van der Waals surface area contributed by atoms with Crippen LogP contribution in [0.15, 0.2) is 22.7 Å². The highest BCUT2D eigenvalue weighted by atomic mass is 16.5. The second kappa shape index (κ2) is 7.75. The fraction of sp³-hybridized carbons (Fsp3) is 0.476. The maximum atomic E-state index is 12.7. The molecule has 0 aliphatic heterocycles. The number of carbonyl (C=O) groups is 1. The van der Waals surface area contributed by atoms with E-state index in [-0.39, 0.29) is 18.2 Å². The first-order chi connectivity index (χ1) is 13.6. The number of fused-ring (bicyclic) bond motifs is 1. The molecule has 1 fully saturated rings. The van der Waals surface area contributed by atoms with Crippen molar-refractivity contribution in [3.63, 3.8) is 0 Å². The molecule has 1 amide bonds. The minimum absolute atomic E-state index is 0.253. The summed E-state index contributed by atoms with van der Waals surface area (Å²) in [5.74, 6) is 1.30. The molecule has 0 atom stereocenters. The molecule has 4 rings (SSSR count). The predicted molar refractivity (Wildman–Crippen MR) is 106 cm³/mol. The molecule has 7 heteroatoms. The number of aryl methyl sites for hydroxylation is 2. The molecule has 1 saturated carbocycles. The van der Waals surface area contributed by atoms with Crippen LogP contribution in [0.2, 0.25) is 0 Å². The minimum Gasteiger partial charge on any atom is -0.380 e. The number of nitrogens with one attached hydrogen (secondary N) is 1. The van der Waals surface area contributed by atoms with E-state index in [4.69, 9.17) is 14.2 Å². The summed E-state index contributed by atoms with van der Waals surface area (Å²) in [6.45, 7) is 4.11. The molecule has 7 nitrogen and oxygen atoms in total. The van der Waals surface area contributed by atoms with Gasteiger partial charge in [0.05, 0.1) is 23.2 Å². The van der Waals surface area contributed by atoms with E-state index < -0.39 is 0 Å². The lowest BCUT2D eigenvalue weighted by molar-refractivity contribution is 0.101. The Balaban J connectivity index is 1.59. The van der Waals surface area contributed by atoms with E-state index in [2.05, 4.69) is 22.0 Å². The normalized spacial score (nSPS) is 15.2. The Hall–Kier alpha value is -2.67. The lowest BCUT2D eigenvalue weighted by Gasteiger charge is -2.25. The number of ether oxygens (including phenoxy) is 1. The van der Waals surface area contributed by atoms with Crippen LogP contribution in [0.1, 0.15) is 65.8 Å². The third kappa shape index (κ3) is 3.42. The molecule has 1 aliphatic rings. The van der Waals surface area contributed by atoms with Gasteiger partial charge in [-0.05, 0) is 44.9 Å². The number of methoxy groups -OCH3 is 1. The number of carbonyl (C=O) groups excluding carboxylic acids is 1. The van der Waals surface area contributed by atoms with Gasteiger partial charge in [0.1, 0.15) is 11.6 Å². The molecule has 1 aromatic carbocycles. The molecule has 1 N–H and O–H groups in total. The Labute approximate surface area is 164 Å². The summed E-state index contributed by atoms with van der Waals surface area (Å²) >= 11 is 0. The van der Waals surface area contributed by atoms with Crippen LogP contribution in [-0.4, -0.2) is 27.7 Å². The van der Waals surface area contributed by atoms with Gasteiger partial charge in [0.2, 0.25) is 0 Å². The van der Waals surface area contributed by atoms with Gasteiger partial charge in [0, 0.05) is 18.8 Å². The topological polar surface area (TPSA) is 82.2 Å². The summed E-state index contributed by atoms with van der Waals surface area (Å²) in [5.41, 5.74) is 3.63. The highest BCUT2D eigenvalue weighted by Gasteiger charge is 2.22. The zero-order chi connectivity index (χ0) is 19.7. The van der Waals surface area contributed by atoms with Gasteiger partial charge in [-0.3, -0.25) is 4.79 Å². The average molecular weight is 382 g/mol. The molecule has 148 valence electrons. The number of hydrogen-bond acceptors (Lipinski definition) is 5. The van der Waals surface area contributed by atoms with Crippen LogP contribution in [0.3, 0.4) is 0 Å². The van der Waals surface area contributed by atoms with Crippen LogP contribution in [0.4, 0.5) is 5.69 Å². The molecule has 1 aliphatic carbocycles. The number of amides is 1. The minimum atomic E-state index is -0.313. The lowest BCUT2D eigenvalue weighted by atomic mass is 9.95. The third-order valence-corrected chi connectivity index (χ3v) is 5.55. The number of nitrogens with zero attached hydrogens (tertiary/aromatic N) is 3. The Kier molecular flexibility index (Phi) is 5.17. The Bertz CT molecular complexity index is 999. The van der Waals surface area contributed by atoms with Gasteiger partial charge >= 0.3 is 0 Å². The van der Waals surface area contributed by atoms with Crippen molar-refractivity contribution >= 4 is 22.6 Å². The average Bonchev–Trinajstić information content (AvgIpc) is 3.21. The van der Waals surface area contributed by atoms with Gasteiger partial charge in [0.15, 0.2) is 5.69 Å². The quantitative estimate of drug-likeness (QED) is 0.700. The Morgan fingerprint density at radius 2 is 2.07 bits per heavy atom. The third-order valence-electron chi connectivity index (χ3n) is 5.55. The predicted octanol–water partition coefficient (Wildman–Crippen LogP) is 4.55. The molecule has 2 aromatic heterocycles. The molecule has 0 radical (unpaired) electrons. The Morgan fingerprint density at radius 3 is 2.82 bits per heavy atom. The number of benzene rings is 1. The van der Waals surface area contributed by atoms with Gasteiger partial charge in [-0.15, -0.1) is 0 Å². The van der Waals surface area contributed by atoms with Crippen LogP contribution in [-0.2, 0) is 11.3 Å². The zero-order valence-electron chi connectivity index (χ0n) is 16.6. The van der Waals surface area contributed by atoms with Crippen molar-refractivity contribution in [2.24, 2.45) is 0 Å². The maximum absolute atomic E-state index is 12.7. The molecule has 0 saturated heterocycles. The van der Waals surface area contributed by atoms with E-state index in [1.165, 1.54) is 32.1 Å². The second-order valence-corrected chi connectivity index (χ2v) is 7.48. The zero-order valence-corrected chi connectivity index (χ0v) is 16.6. The fourth-order valence-corrected chi connectivity index (χ4v) is 4.17. The van der Waals surface area contributed by atoms with Gasteiger partial charge in [-0.25, -0.2) is 4.98 Å². The first kappa shape index (κ1) is 18.7. The summed E-state index contributed by atoms with van der Waals surface area (Å²) in [5, 5.41) is 6.79. The van der Waals surface area contributed by atoms with E-state index in [1.807, 2.05) is 18.2 Å². The van der Waals surface area contributed by atoms with Crippen LogP contribution >= 0.6 is 0 Å². The van der Waals surface area contributed by atoms with E-state index in [1.54, 1.807) is 14.0 Å². The highest BCUT2D eigenvalue weighted by molar-refractivity contribution is 6.04. The van der Waals surface area contributed by atoms with Crippen molar-refractivity contribution in [1.82, 2.24) is 14.7 Å². The van der Waals surface area contributed by atoms with E-state index in [9.17, 15) is 4.79 Å². The fourth-order valence-electron chi connectivity index (χ4n) is 4.17. The van der Waals surface area contributed by atoms with E-state index in [0.29, 0.717) is 23.1 Å². The molecule has 0 unspecified atom stereocenters. The molecular weight excluding hydrogens is 356 g/mol. The highest BCUT2D eigenvalue weighted by Crippen LogP contribution is 2.33. The lowest BCUT2D eigenvalue weighted by Crippen LogP contribution is -2.15. The van der Waals surface area contributed by atoms with Crippen LogP contribution in [0.5, 0.6) is 0 Å². The maximum Gasteiger partial charge on any atom is 0.278 e. The largest absolute Gasteiger partial charge is 0.380 e. The monoisotopic (exact) mass is 382 g/mol. The summed E-state index contributed by atoms with van der Waals surface area (Å²) in [7, 11) is 1.58. The van der Waals surface area contributed by atoms with Crippen molar-refractivity contribution in [2.45, 2.75) is 58.6 Å². The van der Waals surface area contributed by atoms with Crippen LogP contribution < -0.4 is 5.32 Å². The molecule has 2 heterocycles. The smallest absolute Gasteiger partial charge is 0.278 e. The SMILES string of the molecule is COCc1c(C(=O)Nc2ccc3c(c2)nc(C)n3C2CCCCC2)noc1C. The summed E-state index contributed by atoms with van der Waals surface area (Å²) in [4.78, 5) is 17.4. The van der Waals surface area contributed by atoms with Gasteiger partial charge < -0.3 is 19.1 Å². The van der Waals surface area contributed by atoms with Crippen LogP contribution in [0.25, 0.3) is 11.0 Å². The number of imidazole rings is 1. The number of aromatic nitrogens is 3. The van der Waals surface area contributed by atoms with E-state index in [0.717, 1.165) is 16.9 Å². The summed E-state index contributed by atoms with van der Waals surface area (Å²) < 4.78 is 12.7. The van der Waals surface area contributed by atoms with Gasteiger partial charge in [0.25, 0.3) is 5.91 Å². The molecule has 0 spiro atoms. The van der Waals surface area contributed by atoms with Crippen molar-refractivity contribution in [3.05, 3.63) is 41.0 Å². The van der Waals surface area contributed by atoms with Crippen LogP contribution in [0, 0.1) is 13.8 Å². The van der Waals surface area contributed by atoms with Gasteiger partial charge in [-0.2, -0.15) is 0 Å². The standard InChI is InChI=1S/C21H26N4O3/c1-13-17(12-27-3)20(24-28-13)21(26)23-15-9-10-19-18(11-15)22-14(2)25(19)16-7-5-4-6-8-16/h9-11,16H,4-8,12H2,1-3H3,(H,23,26). The summed E-state index contributed by atoms with van der Waals surface area (Å²) in [6, 6.07) is 6.41. The molecule has 28 heavy (non-hydrogen) atoms. The van der Waals surface area contributed by atoms with E-state index >= 15 is 0 Å². The van der Waals surface area contributed by atoms with Crippen molar-refractivity contribution in [1.29, 1.82) is 0 Å². The molecule has 0 bridgehead atoms.